The van der Waals surface area contributed by atoms with Crippen molar-refractivity contribution in [1.29, 1.82) is 0 Å². The van der Waals surface area contributed by atoms with Crippen molar-refractivity contribution in [2.24, 2.45) is 0 Å². The van der Waals surface area contributed by atoms with Gasteiger partial charge in [0.05, 0.1) is 6.54 Å². The summed E-state index contributed by atoms with van der Waals surface area (Å²) in [7, 11) is 0. The van der Waals surface area contributed by atoms with E-state index >= 15 is 0 Å². The molecule has 0 atom stereocenters. The Kier molecular flexibility index (Phi) is 3.29. The lowest BCUT2D eigenvalue weighted by Gasteiger charge is -2.10. The van der Waals surface area contributed by atoms with E-state index in [0.29, 0.717) is 11.6 Å². The van der Waals surface area contributed by atoms with Gasteiger partial charge in [-0.15, -0.1) is 0 Å². The first-order chi connectivity index (χ1) is 8.06. The summed E-state index contributed by atoms with van der Waals surface area (Å²) in [5.41, 5.74) is 1.32. The van der Waals surface area contributed by atoms with Crippen LogP contribution in [0.3, 0.4) is 0 Å². The molecule has 1 aromatic carbocycles. The second-order valence-corrected chi connectivity index (χ2v) is 4.31. The largest absolute Gasteiger partial charge is 0.308 e. The molecule has 0 saturated heterocycles. The maximum Gasteiger partial charge on any atom is 0.252 e. The number of rotatable bonds is 2. The second-order valence-electron chi connectivity index (χ2n) is 3.87. The zero-order valence-electron chi connectivity index (χ0n) is 9.28. The highest BCUT2D eigenvalue weighted by atomic mass is 35.5. The summed E-state index contributed by atoms with van der Waals surface area (Å²) in [6, 6.07) is 9.27. The van der Waals surface area contributed by atoms with Crippen LogP contribution in [-0.2, 0) is 6.54 Å². The van der Waals surface area contributed by atoms with E-state index in [1.807, 2.05) is 0 Å². The van der Waals surface area contributed by atoms with E-state index in [9.17, 15) is 9.18 Å². The molecule has 1 heterocycles. The number of hydrogen-bond acceptors (Lipinski definition) is 1. The van der Waals surface area contributed by atoms with Crippen LogP contribution < -0.4 is 5.56 Å². The Morgan fingerprint density at radius 3 is 2.71 bits per heavy atom. The van der Waals surface area contributed by atoms with Crippen molar-refractivity contribution in [2.75, 3.05) is 0 Å². The summed E-state index contributed by atoms with van der Waals surface area (Å²) in [5.74, 6) is -0.304. The molecule has 88 valence electrons. The van der Waals surface area contributed by atoms with Crippen molar-refractivity contribution in [3.8, 4) is 0 Å². The quantitative estimate of drug-likeness (QED) is 0.804. The molecule has 2 rings (SSSR count). The van der Waals surface area contributed by atoms with Gasteiger partial charge in [-0.2, -0.15) is 0 Å². The van der Waals surface area contributed by atoms with E-state index in [1.165, 1.54) is 18.2 Å². The summed E-state index contributed by atoms with van der Waals surface area (Å²) in [4.78, 5) is 11.7. The van der Waals surface area contributed by atoms with E-state index < -0.39 is 0 Å². The van der Waals surface area contributed by atoms with E-state index in [2.05, 4.69) is 0 Å². The lowest BCUT2D eigenvalue weighted by atomic mass is 10.2. The molecule has 17 heavy (non-hydrogen) atoms. The third kappa shape index (κ3) is 2.74. The van der Waals surface area contributed by atoms with Crippen molar-refractivity contribution in [3.63, 3.8) is 0 Å². The van der Waals surface area contributed by atoms with Crippen LogP contribution in [0.2, 0.25) is 5.02 Å². The first kappa shape index (κ1) is 11.9. The van der Waals surface area contributed by atoms with Gasteiger partial charge < -0.3 is 4.57 Å². The van der Waals surface area contributed by atoms with Gasteiger partial charge >= 0.3 is 0 Å². The summed E-state index contributed by atoms with van der Waals surface area (Å²) in [6.07, 6.45) is 0. The number of benzene rings is 1. The molecule has 0 saturated carbocycles. The summed E-state index contributed by atoms with van der Waals surface area (Å²) in [6.45, 7) is 2.15. The molecule has 0 aliphatic carbocycles. The molecule has 0 bridgehead atoms. The standard InChI is InChI=1S/C13H11ClFNO/c1-9-5-11(14)7-13(17)16(9)8-10-3-2-4-12(15)6-10/h2-7H,8H2,1H3. The fraction of sp³-hybridized carbons (Fsp3) is 0.154. The fourth-order valence-electron chi connectivity index (χ4n) is 1.71. The summed E-state index contributed by atoms with van der Waals surface area (Å²) < 4.78 is 14.6. The molecule has 1 aromatic heterocycles. The number of nitrogens with zero attached hydrogens (tertiary/aromatic N) is 1. The Bertz CT molecular complexity index is 607. The van der Waals surface area contributed by atoms with E-state index in [-0.39, 0.29) is 11.4 Å². The molecule has 0 aliphatic heterocycles. The minimum absolute atomic E-state index is 0.181. The Labute approximate surface area is 103 Å². The monoisotopic (exact) mass is 251 g/mol. The normalized spacial score (nSPS) is 10.5. The minimum atomic E-state index is -0.304. The van der Waals surface area contributed by atoms with Gasteiger partial charge in [0.1, 0.15) is 5.82 Å². The Morgan fingerprint density at radius 2 is 2.06 bits per heavy atom. The molecular formula is C13H11ClFNO. The first-order valence-corrected chi connectivity index (χ1v) is 5.55. The number of hydrogen-bond donors (Lipinski definition) is 0. The van der Waals surface area contributed by atoms with Crippen LogP contribution in [-0.4, -0.2) is 4.57 Å². The molecule has 0 amide bonds. The lowest BCUT2D eigenvalue weighted by molar-refractivity contribution is 0.622. The third-order valence-electron chi connectivity index (χ3n) is 2.53. The van der Waals surface area contributed by atoms with Gasteiger partial charge in [0.25, 0.3) is 5.56 Å². The van der Waals surface area contributed by atoms with Gasteiger partial charge in [0.15, 0.2) is 0 Å². The number of aryl methyl sites for hydroxylation is 1. The van der Waals surface area contributed by atoms with Crippen molar-refractivity contribution >= 4 is 11.6 Å². The molecule has 4 heteroatoms. The first-order valence-electron chi connectivity index (χ1n) is 5.18. The highest BCUT2D eigenvalue weighted by molar-refractivity contribution is 6.30. The zero-order valence-corrected chi connectivity index (χ0v) is 10.0. The molecule has 0 aliphatic rings. The summed E-state index contributed by atoms with van der Waals surface area (Å²) >= 11 is 5.78. The van der Waals surface area contributed by atoms with Crippen LogP contribution >= 0.6 is 11.6 Å². The average Bonchev–Trinajstić information content (AvgIpc) is 2.23. The fourth-order valence-corrected chi connectivity index (χ4v) is 1.96. The van der Waals surface area contributed by atoms with Crippen LogP contribution in [0.15, 0.2) is 41.2 Å². The van der Waals surface area contributed by atoms with E-state index in [4.69, 9.17) is 11.6 Å². The van der Waals surface area contributed by atoms with Gasteiger partial charge in [0, 0.05) is 16.8 Å². The van der Waals surface area contributed by atoms with Gasteiger partial charge in [-0.3, -0.25) is 4.79 Å². The van der Waals surface area contributed by atoms with Gasteiger partial charge in [-0.25, -0.2) is 4.39 Å². The van der Waals surface area contributed by atoms with Crippen molar-refractivity contribution < 1.29 is 4.39 Å². The summed E-state index contributed by atoms with van der Waals surface area (Å²) in [5, 5.41) is 0.419. The smallest absolute Gasteiger partial charge is 0.252 e. The highest BCUT2D eigenvalue weighted by Gasteiger charge is 2.04. The molecule has 0 unspecified atom stereocenters. The highest BCUT2D eigenvalue weighted by Crippen LogP contribution is 2.10. The molecule has 0 spiro atoms. The molecule has 2 nitrogen and oxygen atoms in total. The van der Waals surface area contributed by atoms with Crippen molar-refractivity contribution in [2.45, 2.75) is 13.5 Å². The molecule has 0 radical (unpaired) electrons. The predicted molar refractivity (Wildman–Crippen MR) is 66.0 cm³/mol. The Balaban J connectivity index is 2.40. The minimum Gasteiger partial charge on any atom is -0.308 e. The van der Waals surface area contributed by atoms with E-state index in [0.717, 1.165) is 11.3 Å². The Morgan fingerprint density at radius 1 is 1.29 bits per heavy atom. The molecular weight excluding hydrogens is 241 g/mol. The van der Waals surface area contributed by atoms with Crippen molar-refractivity contribution in [1.82, 2.24) is 4.57 Å². The lowest BCUT2D eigenvalue weighted by Crippen LogP contribution is -2.21. The van der Waals surface area contributed by atoms with Crippen LogP contribution in [0, 0.1) is 12.7 Å². The van der Waals surface area contributed by atoms with Crippen LogP contribution in [0.4, 0.5) is 4.39 Å². The second kappa shape index (κ2) is 4.72. The predicted octanol–water partition coefficient (Wildman–Crippen LogP) is 3.00. The third-order valence-corrected chi connectivity index (χ3v) is 2.75. The molecule has 2 aromatic rings. The SMILES string of the molecule is Cc1cc(Cl)cc(=O)n1Cc1cccc(F)c1. The van der Waals surface area contributed by atoms with Crippen LogP contribution in [0.5, 0.6) is 0 Å². The van der Waals surface area contributed by atoms with Gasteiger partial charge in [-0.05, 0) is 30.7 Å². The number of pyridine rings is 1. The van der Waals surface area contributed by atoms with Crippen LogP contribution in [0.1, 0.15) is 11.3 Å². The average molecular weight is 252 g/mol. The molecule has 0 N–H and O–H groups in total. The number of halogens is 2. The Hall–Kier alpha value is -1.61. The van der Waals surface area contributed by atoms with Crippen LogP contribution in [0.25, 0.3) is 0 Å². The number of aromatic nitrogens is 1. The van der Waals surface area contributed by atoms with Gasteiger partial charge in [-0.1, -0.05) is 23.7 Å². The van der Waals surface area contributed by atoms with E-state index in [1.54, 1.807) is 29.7 Å². The topological polar surface area (TPSA) is 22.0 Å². The molecule has 0 fully saturated rings. The zero-order chi connectivity index (χ0) is 12.4. The maximum absolute atomic E-state index is 13.0. The maximum atomic E-state index is 13.0. The van der Waals surface area contributed by atoms with Gasteiger partial charge in [0.2, 0.25) is 0 Å². The van der Waals surface area contributed by atoms with Crippen molar-refractivity contribution in [3.05, 3.63) is 68.8 Å².